The molecule has 1 aromatic carbocycles. The van der Waals surface area contributed by atoms with Gasteiger partial charge in [0.15, 0.2) is 5.96 Å². The van der Waals surface area contributed by atoms with Crippen molar-refractivity contribution in [2.24, 2.45) is 4.99 Å². The number of guanidine groups is 1. The van der Waals surface area contributed by atoms with Gasteiger partial charge in [0.25, 0.3) is 0 Å². The Bertz CT molecular complexity index is 832. The third kappa shape index (κ3) is 9.91. The number of carbonyl (C=O) groups is 1. The Morgan fingerprint density at radius 2 is 1.80 bits per heavy atom. The largest absolute Gasteiger partial charge is 0.444 e. The fourth-order valence-electron chi connectivity index (χ4n) is 2.59. The highest BCUT2D eigenvalue weighted by molar-refractivity contribution is 14.0. The number of hydrogen-bond donors (Lipinski definition) is 3. The van der Waals surface area contributed by atoms with Crippen LogP contribution in [0, 0.1) is 6.92 Å². The van der Waals surface area contributed by atoms with Crippen LogP contribution >= 0.6 is 24.0 Å². The van der Waals surface area contributed by atoms with Crippen molar-refractivity contribution >= 4 is 41.7 Å². The lowest BCUT2D eigenvalue weighted by Crippen LogP contribution is -2.38. The first-order chi connectivity index (χ1) is 13.7. The third-order valence-electron chi connectivity index (χ3n) is 3.91. The van der Waals surface area contributed by atoms with E-state index in [0.717, 1.165) is 35.9 Å². The summed E-state index contributed by atoms with van der Waals surface area (Å²) in [6, 6.07) is 13.7. The molecule has 3 N–H and O–H groups in total. The van der Waals surface area contributed by atoms with Crippen LogP contribution < -0.4 is 16.0 Å². The molecule has 0 aliphatic heterocycles. The highest BCUT2D eigenvalue weighted by atomic mass is 127. The second kappa shape index (κ2) is 12.4. The molecule has 0 saturated carbocycles. The second-order valence-corrected chi connectivity index (χ2v) is 7.70. The lowest BCUT2D eigenvalue weighted by atomic mass is 10.1. The summed E-state index contributed by atoms with van der Waals surface area (Å²) >= 11 is 0. The first-order valence-corrected chi connectivity index (χ1v) is 9.71. The first kappa shape index (κ1) is 25.7. The van der Waals surface area contributed by atoms with Gasteiger partial charge in [-0.3, -0.25) is 15.3 Å². The molecule has 0 atom stereocenters. The zero-order valence-electron chi connectivity index (χ0n) is 18.3. The molecule has 2 aromatic rings. The molecule has 0 radical (unpaired) electrons. The second-order valence-electron chi connectivity index (χ2n) is 7.70. The zero-order chi connectivity index (χ0) is 21.3. The van der Waals surface area contributed by atoms with Gasteiger partial charge in [0.05, 0.1) is 12.2 Å². The van der Waals surface area contributed by atoms with Crippen LogP contribution in [0.1, 0.15) is 37.7 Å². The van der Waals surface area contributed by atoms with Crippen LogP contribution in [-0.4, -0.2) is 36.2 Å². The Kier molecular flexibility index (Phi) is 10.6. The molecular weight excluding hydrogens is 493 g/mol. The SMILES string of the molecule is CN=C(NCCc1ccc(NC(=O)OC(C)(C)C)cc1)NCc1cccc(C)n1.I. The molecule has 0 aliphatic carbocycles. The molecule has 7 nitrogen and oxygen atoms in total. The molecule has 1 amide bonds. The predicted octanol–water partition coefficient (Wildman–Crippen LogP) is 4.26. The number of aliphatic imine (C=N–C) groups is 1. The maximum Gasteiger partial charge on any atom is 0.412 e. The molecule has 0 aliphatic rings. The molecule has 0 bridgehead atoms. The number of carbonyl (C=O) groups excluding carboxylic acids is 1. The van der Waals surface area contributed by atoms with E-state index in [9.17, 15) is 4.79 Å². The number of aryl methyl sites for hydroxylation is 1. The van der Waals surface area contributed by atoms with E-state index >= 15 is 0 Å². The Morgan fingerprint density at radius 1 is 1.10 bits per heavy atom. The van der Waals surface area contributed by atoms with Gasteiger partial charge in [-0.25, -0.2) is 4.79 Å². The number of pyridine rings is 1. The molecule has 1 aromatic heterocycles. The Hall–Kier alpha value is -2.36. The Balaban J connectivity index is 0.00000450. The molecule has 30 heavy (non-hydrogen) atoms. The van der Waals surface area contributed by atoms with Crippen LogP contribution in [0.2, 0.25) is 0 Å². The topological polar surface area (TPSA) is 87.6 Å². The van der Waals surface area contributed by atoms with Gasteiger partial charge in [-0.15, -0.1) is 24.0 Å². The van der Waals surface area contributed by atoms with E-state index in [1.165, 1.54) is 0 Å². The normalized spacial score (nSPS) is 11.3. The summed E-state index contributed by atoms with van der Waals surface area (Å²) in [5.74, 6) is 0.733. The van der Waals surface area contributed by atoms with Gasteiger partial charge < -0.3 is 15.4 Å². The molecule has 0 saturated heterocycles. The number of benzene rings is 1. The fraction of sp³-hybridized carbons (Fsp3) is 0.409. The van der Waals surface area contributed by atoms with Gasteiger partial charge >= 0.3 is 6.09 Å². The molecule has 0 fully saturated rings. The highest BCUT2D eigenvalue weighted by Gasteiger charge is 2.16. The van der Waals surface area contributed by atoms with Crippen molar-refractivity contribution in [2.45, 2.75) is 46.3 Å². The molecule has 2 rings (SSSR count). The van der Waals surface area contributed by atoms with Crippen molar-refractivity contribution in [2.75, 3.05) is 18.9 Å². The highest BCUT2D eigenvalue weighted by Crippen LogP contribution is 2.13. The molecule has 0 spiro atoms. The monoisotopic (exact) mass is 525 g/mol. The van der Waals surface area contributed by atoms with Crippen LogP contribution in [0.5, 0.6) is 0 Å². The van der Waals surface area contributed by atoms with Crippen molar-refractivity contribution < 1.29 is 9.53 Å². The van der Waals surface area contributed by atoms with Gasteiger partial charge in [0, 0.05) is 25.0 Å². The van der Waals surface area contributed by atoms with E-state index in [0.29, 0.717) is 12.2 Å². The summed E-state index contributed by atoms with van der Waals surface area (Å²) in [6.45, 7) is 8.84. The number of nitrogens with zero attached hydrogens (tertiary/aromatic N) is 2. The van der Waals surface area contributed by atoms with E-state index < -0.39 is 11.7 Å². The zero-order valence-corrected chi connectivity index (χ0v) is 20.6. The summed E-state index contributed by atoms with van der Waals surface area (Å²) in [4.78, 5) is 20.5. The van der Waals surface area contributed by atoms with E-state index in [4.69, 9.17) is 4.74 Å². The van der Waals surface area contributed by atoms with Crippen LogP contribution in [0.3, 0.4) is 0 Å². The number of anilines is 1. The van der Waals surface area contributed by atoms with Gasteiger partial charge in [0.2, 0.25) is 0 Å². The standard InChI is InChI=1S/C22H31N5O2.HI/c1-16-7-6-8-19(26-16)15-25-20(23-5)24-14-13-17-9-11-18(12-10-17)27-21(28)29-22(2,3)4;/h6-12H,13-15H2,1-5H3,(H,27,28)(H2,23,24,25);1H. The summed E-state index contributed by atoms with van der Waals surface area (Å²) in [5, 5.41) is 9.29. The van der Waals surface area contributed by atoms with Gasteiger partial charge in [0.1, 0.15) is 5.60 Å². The van der Waals surface area contributed by atoms with Crippen molar-refractivity contribution in [1.82, 2.24) is 15.6 Å². The lowest BCUT2D eigenvalue weighted by Gasteiger charge is -2.19. The van der Waals surface area contributed by atoms with Gasteiger partial charge in [-0.2, -0.15) is 0 Å². The number of amides is 1. The number of nitrogens with one attached hydrogen (secondary N) is 3. The maximum absolute atomic E-state index is 11.8. The van der Waals surface area contributed by atoms with E-state index in [1.54, 1.807) is 7.05 Å². The quantitative estimate of drug-likeness (QED) is 0.298. The van der Waals surface area contributed by atoms with Crippen molar-refractivity contribution in [3.05, 3.63) is 59.4 Å². The minimum atomic E-state index is -0.516. The average molecular weight is 525 g/mol. The smallest absolute Gasteiger partial charge is 0.412 e. The number of ether oxygens (including phenoxy) is 1. The number of hydrogen-bond acceptors (Lipinski definition) is 4. The molecular formula is C22H32IN5O2. The summed E-state index contributed by atoms with van der Waals surface area (Å²) in [5.41, 5.74) is 3.32. The van der Waals surface area contributed by atoms with Gasteiger partial charge in [-0.05, 0) is 63.9 Å². The summed E-state index contributed by atoms with van der Waals surface area (Å²) in [6.07, 6.45) is 0.376. The Labute approximate surface area is 196 Å². The minimum Gasteiger partial charge on any atom is -0.444 e. The number of aromatic nitrogens is 1. The van der Waals surface area contributed by atoms with Crippen LogP contribution in [0.4, 0.5) is 10.5 Å². The minimum absolute atomic E-state index is 0. The maximum atomic E-state index is 11.8. The lowest BCUT2D eigenvalue weighted by molar-refractivity contribution is 0.0636. The number of rotatable bonds is 6. The van der Waals surface area contributed by atoms with Crippen LogP contribution in [0.25, 0.3) is 0 Å². The third-order valence-corrected chi connectivity index (χ3v) is 3.91. The van der Waals surface area contributed by atoms with Crippen molar-refractivity contribution in [3.63, 3.8) is 0 Å². The van der Waals surface area contributed by atoms with Crippen molar-refractivity contribution in [3.8, 4) is 0 Å². The van der Waals surface area contributed by atoms with Gasteiger partial charge in [-0.1, -0.05) is 18.2 Å². The summed E-state index contributed by atoms with van der Waals surface area (Å²) < 4.78 is 5.25. The fourth-order valence-corrected chi connectivity index (χ4v) is 2.59. The molecule has 0 unspecified atom stereocenters. The van der Waals surface area contributed by atoms with E-state index in [1.807, 2.05) is 70.2 Å². The van der Waals surface area contributed by atoms with E-state index in [2.05, 4.69) is 25.9 Å². The van der Waals surface area contributed by atoms with Crippen LogP contribution in [-0.2, 0) is 17.7 Å². The first-order valence-electron chi connectivity index (χ1n) is 9.71. The Morgan fingerprint density at radius 3 is 2.40 bits per heavy atom. The average Bonchev–Trinajstić information content (AvgIpc) is 2.64. The van der Waals surface area contributed by atoms with E-state index in [-0.39, 0.29) is 24.0 Å². The predicted molar refractivity (Wildman–Crippen MR) is 133 cm³/mol. The number of halogens is 1. The molecule has 1 heterocycles. The molecule has 8 heteroatoms. The van der Waals surface area contributed by atoms with Crippen LogP contribution in [0.15, 0.2) is 47.5 Å². The summed E-state index contributed by atoms with van der Waals surface area (Å²) in [7, 11) is 1.75. The molecule has 164 valence electrons. The van der Waals surface area contributed by atoms with Crippen molar-refractivity contribution in [1.29, 1.82) is 0 Å².